The largest absolute Gasteiger partial charge is 0.297 e. The number of aromatic nitrogens is 3. The number of nitrogens with zero attached hydrogens (tertiary/aromatic N) is 4. The Morgan fingerprint density at radius 1 is 1.23 bits per heavy atom. The average Bonchev–Trinajstić information content (AvgIpc) is 3.26. The lowest BCUT2D eigenvalue weighted by Crippen LogP contribution is -2.21. The van der Waals surface area contributed by atoms with Crippen LogP contribution in [0.25, 0.3) is 22.2 Å². The van der Waals surface area contributed by atoms with Crippen LogP contribution in [0.4, 0.5) is 0 Å². The second-order valence-corrected chi connectivity index (χ2v) is 8.87. The lowest BCUT2D eigenvalue weighted by Gasteiger charge is -2.10. The first kappa shape index (κ1) is 21.0. The van der Waals surface area contributed by atoms with Crippen molar-refractivity contribution in [3.05, 3.63) is 74.8 Å². The molecule has 0 spiro atoms. The van der Waals surface area contributed by atoms with Gasteiger partial charge in [0.15, 0.2) is 16.9 Å². The predicted octanol–water partition coefficient (Wildman–Crippen LogP) is 4.33. The maximum Gasteiger partial charge on any atom is 0.261 e. The smallest absolute Gasteiger partial charge is 0.261 e. The van der Waals surface area contributed by atoms with Crippen molar-refractivity contribution < 1.29 is 4.79 Å². The Hall–Kier alpha value is -3.28. The van der Waals surface area contributed by atoms with Gasteiger partial charge in [-0.25, -0.2) is 9.97 Å². The van der Waals surface area contributed by atoms with Crippen LogP contribution >= 0.6 is 23.1 Å². The van der Waals surface area contributed by atoms with Crippen LogP contribution in [0.2, 0.25) is 0 Å². The minimum absolute atomic E-state index is 0.0239. The van der Waals surface area contributed by atoms with E-state index in [-0.39, 0.29) is 17.1 Å². The molecule has 31 heavy (non-hydrogen) atoms. The van der Waals surface area contributed by atoms with Crippen LogP contribution in [-0.2, 0) is 11.8 Å². The van der Waals surface area contributed by atoms with E-state index in [1.807, 2.05) is 54.8 Å². The minimum atomic E-state index is -0.949. The van der Waals surface area contributed by atoms with Gasteiger partial charge in [0.25, 0.3) is 5.56 Å². The quantitative estimate of drug-likeness (QED) is 0.323. The van der Waals surface area contributed by atoms with Crippen molar-refractivity contribution in [2.75, 3.05) is 5.75 Å². The third kappa shape index (κ3) is 4.29. The Labute approximate surface area is 187 Å². The first-order valence-corrected chi connectivity index (χ1v) is 11.4. The molecule has 2 aromatic carbocycles. The highest BCUT2D eigenvalue weighted by Crippen LogP contribution is 2.28. The molecule has 1 atom stereocenters. The van der Waals surface area contributed by atoms with Gasteiger partial charge in [-0.15, -0.1) is 11.3 Å². The summed E-state index contributed by atoms with van der Waals surface area (Å²) in [4.78, 5) is 34.5. The Balaban J connectivity index is 1.54. The van der Waals surface area contributed by atoms with E-state index in [0.29, 0.717) is 21.1 Å². The molecule has 0 aliphatic rings. The number of carbonyl (C=O) groups is 1. The van der Waals surface area contributed by atoms with Gasteiger partial charge in [0.1, 0.15) is 5.01 Å². The molecule has 4 rings (SSSR count). The predicted molar refractivity (Wildman–Crippen MR) is 123 cm³/mol. The number of Topliss-reactive ketones (excluding diaryl/α,β-unsaturated/α-hetero) is 1. The molecule has 0 bridgehead atoms. The summed E-state index contributed by atoms with van der Waals surface area (Å²) >= 11 is 2.46. The van der Waals surface area contributed by atoms with Crippen molar-refractivity contribution in [1.82, 2.24) is 14.5 Å². The topological polar surface area (TPSA) is 88.6 Å². The van der Waals surface area contributed by atoms with E-state index in [0.717, 1.165) is 28.6 Å². The van der Waals surface area contributed by atoms with Crippen LogP contribution in [-0.4, -0.2) is 26.1 Å². The summed E-state index contributed by atoms with van der Waals surface area (Å²) in [5.74, 6) is -1.19. The van der Waals surface area contributed by atoms with Crippen LogP contribution in [0.5, 0.6) is 0 Å². The molecule has 4 aromatic rings. The first-order valence-electron chi connectivity index (χ1n) is 9.51. The van der Waals surface area contributed by atoms with E-state index in [2.05, 4.69) is 16.0 Å². The van der Waals surface area contributed by atoms with Crippen molar-refractivity contribution in [2.24, 2.45) is 7.05 Å². The molecule has 0 amide bonds. The van der Waals surface area contributed by atoms with Crippen molar-refractivity contribution in [2.45, 2.75) is 18.0 Å². The molecule has 0 saturated heterocycles. The Morgan fingerprint density at radius 3 is 2.74 bits per heavy atom. The molecule has 8 heteroatoms. The number of benzene rings is 2. The fourth-order valence-corrected chi connectivity index (χ4v) is 4.91. The molecule has 2 heterocycles. The van der Waals surface area contributed by atoms with Crippen LogP contribution in [0.15, 0.2) is 63.9 Å². The van der Waals surface area contributed by atoms with Gasteiger partial charge in [0.2, 0.25) is 0 Å². The van der Waals surface area contributed by atoms with E-state index in [1.54, 1.807) is 13.1 Å². The SMILES string of the molecule is Cc1ccc2nc(SCC(=O)C(C#N)c3nc(-c4ccccc4)cs3)n(C)c(=O)c2c1. The molecule has 1 unspecified atom stereocenters. The summed E-state index contributed by atoms with van der Waals surface area (Å²) in [6.45, 7) is 1.92. The highest BCUT2D eigenvalue weighted by molar-refractivity contribution is 7.99. The summed E-state index contributed by atoms with van der Waals surface area (Å²) in [6.07, 6.45) is 0. The lowest BCUT2D eigenvalue weighted by atomic mass is 10.1. The molecule has 0 aliphatic carbocycles. The maximum atomic E-state index is 12.8. The van der Waals surface area contributed by atoms with Crippen molar-refractivity contribution in [1.29, 1.82) is 5.26 Å². The number of hydrogen-bond donors (Lipinski definition) is 0. The van der Waals surface area contributed by atoms with E-state index < -0.39 is 5.92 Å². The van der Waals surface area contributed by atoms with Gasteiger partial charge in [-0.05, 0) is 19.1 Å². The normalized spacial score (nSPS) is 11.9. The van der Waals surface area contributed by atoms with Crippen LogP contribution in [0.3, 0.4) is 0 Å². The molecular weight excluding hydrogens is 428 g/mol. The zero-order chi connectivity index (χ0) is 22.0. The summed E-state index contributed by atoms with van der Waals surface area (Å²) in [7, 11) is 1.64. The fourth-order valence-electron chi connectivity index (χ4n) is 3.14. The fraction of sp³-hybridized carbons (Fsp3) is 0.174. The monoisotopic (exact) mass is 446 g/mol. The van der Waals surface area contributed by atoms with E-state index in [9.17, 15) is 14.9 Å². The van der Waals surface area contributed by atoms with Gasteiger partial charge in [0.05, 0.1) is 28.4 Å². The van der Waals surface area contributed by atoms with E-state index in [1.165, 1.54) is 15.9 Å². The van der Waals surface area contributed by atoms with Gasteiger partial charge in [-0.2, -0.15) is 5.26 Å². The average molecular weight is 447 g/mol. The second kappa shape index (κ2) is 8.84. The zero-order valence-electron chi connectivity index (χ0n) is 16.9. The Kier molecular flexibility index (Phi) is 5.98. The number of rotatable bonds is 6. The first-order chi connectivity index (χ1) is 15.0. The summed E-state index contributed by atoms with van der Waals surface area (Å²) < 4.78 is 1.44. The summed E-state index contributed by atoms with van der Waals surface area (Å²) in [5, 5.41) is 12.9. The van der Waals surface area contributed by atoms with Crippen LogP contribution < -0.4 is 5.56 Å². The Bertz CT molecular complexity index is 1370. The van der Waals surface area contributed by atoms with Gasteiger partial charge >= 0.3 is 0 Å². The number of ketones is 1. The third-order valence-corrected chi connectivity index (χ3v) is 6.78. The minimum Gasteiger partial charge on any atom is -0.297 e. The van der Waals surface area contributed by atoms with Crippen LogP contribution in [0.1, 0.15) is 16.5 Å². The lowest BCUT2D eigenvalue weighted by molar-refractivity contribution is -0.116. The Morgan fingerprint density at radius 2 is 2.00 bits per heavy atom. The van der Waals surface area contributed by atoms with Gasteiger partial charge in [0, 0.05) is 18.0 Å². The molecule has 6 nitrogen and oxygen atoms in total. The number of aryl methyl sites for hydroxylation is 1. The number of hydrogen-bond acceptors (Lipinski definition) is 7. The van der Waals surface area contributed by atoms with Crippen molar-refractivity contribution >= 4 is 39.8 Å². The molecule has 0 saturated carbocycles. The molecular formula is C23H18N4O2S2. The number of thiazole rings is 1. The molecule has 2 aromatic heterocycles. The summed E-state index contributed by atoms with van der Waals surface area (Å²) in [6, 6.07) is 17.2. The van der Waals surface area contributed by atoms with Gasteiger partial charge in [-0.3, -0.25) is 14.2 Å². The van der Waals surface area contributed by atoms with Gasteiger partial charge in [-0.1, -0.05) is 53.7 Å². The number of fused-ring (bicyclic) bond motifs is 1. The van der Waals surface area contributed by atoms with Crippen LogP contribution in [0, 0.1) is 18.3 Å². The molecule has 0 aliphatic heterocycles. The highest BCUT2D eigenvalue weighted by Gasteiger charge is 2.24. The molecule has 0 radical (unpaired) electrons. The second-order valence-electron chi connectivity index (χ2n) is 7.03. The highest BCUT2D eigenvalue weighted by atomic mass is 32.2. The number of carbonyl (C=O) groups excluding carboxylic acids is 1. The van der Waals surface area contributed by atoms with E-state index in [4.69, 9.17) is 0 Å². The van der Waals surface area contributed by atoms with Gasteiger partial charge < -0.3 is 0 Å². The van der Waals surface area contributed by atoms with Crippen molar-refractivity contribution in [3.8, 4) is 17.3 Å². The van der Waals surface area contributed by atoms with Crippen molar-refractivity contribution in [3.63, 3.8) is 0 Å². The zero-order valence-corrected chi connectivity index (χ0v) is 18.5. The maximum absolute atomic E-state index is 12.8. The summed E-state index contributed by atoms with van der Waals surface area (Å²) in [5.41, 5.74) is 3.10. The standard InChI is InChI=1S/C23H18N4O2S2/c1-14-8-9-18-16(10-14)22(29)27(2)23(26-18)31-13-20(28)17(11-24)21-25-19(12-30-21)15-6-4-3-5-7-15/h3-10,12,17H,13H2,1-2H3. The molecule has 0 fully saturated rings. The molecule has 0 N–H and O–H groups in total. The third-order valence-electron chi connectivity index (χ3n) is 4.82. The van der Waals surface area contributed by atoms with E-state index >= 15 is 0 Å². The number of thioether (sulfide) groups is 1. The number of nitriles is 1. The molecule has 154 valence electrons.